The average molecular weight is 556 g/mol. The van der Waals surface area contributed by atoms with Gasteiger partial charge in [0.15, 0.2) is 0 Å². The number of aromatic nitrogens is 4. The Balaban J connectivity index is 1.75. The van der Waals surface area contributed by atoms with E-state index in [9.17, 15) is 26.3 Å². The Morgan fingerprint density at radius 2 is 1.59 bits per heavy atom. The Kier molecular flexibility index (Phi) is 8.53. The van der Waals surface area contributed by atoms with Gasteiger partial charge >= 0.3 is 12.4 Å². The third-order valence-corrected chi connectivity index (χ3v) is 7.10. The number of aryl methyl sites for hydroxylation is 2. The molecule has 0 unspecified atom stereocenters. The number of hydrogen-bond donors (Lipinski definition) is 0. The fourth-order valence-corrected chi connectivity index (χ4v) is 5.29. The lowest BCUT2D eigenvalue weighted by atomic mass is 9.81. The predicted octanol–water partition coefficient (Wildman–Crippen LogP) is 7.03. The summed E-state index contributed by atoms with van der Waals surface area (Å²) in [4.78, 5) is 2.72. The van der Waals surface area contributed by atoms with Crippen LogP contribution in [0.2, 0.25) is 0 Å². The van der Waals surface area contributed by atoms with E-state index in [1.807, 2.05) is 25.1 Å². The molecule has 3 aromatic rings. The van der Waals surface area contributed by atoms with Gasteiger partial charge in [0.1, 0.15) is 0 Å². The molecule has 0 aliphatic heterocycles. The zero-order chi connectivity index (χ0) is 28.4. The number of methoxy groups -OCH3 is 1. The number of benzene rings is 2. The van der Waals surface area contributed by atoms with Crippen molar-refractivity contribution in [3.8, 4) is 0 Å². The van der Waals surface area contributed by atoms with Gasteiger partial charge < -0.3 is 9.64 Å². The van der Waals surface area contributed by atoms with Gasteiger partial charge in [0.05, 0.1) is 24.3 Å². The second kappa shape index (κ2) is 11.5. The SMILES string of the molecule is CO[C@H](c1ccc(C)cc1CN(Cc1cc(C(F)(F)F)cc(C(F)(F)F)c1)c1nnn(C)n1)C1CCCCC1. The van der Waals surface area contributed by atoms with Crippen molar-refractivity contribution in [2.24, 2.45) is 13.0 Å². The highest BCUT2D eigenvalue weighted by molar-refractivity contribution is 5.41. The molecule has 39 heavy (non-hydrogen) atoms. The summed E-state index contributed by atoms with van der Waals surface area (Å²) < 4.78 is 87.1. The molecule has 1 aliphatic carbocycles. The van der Waals surface area contributed by atoms with Crippen LogP contribution < -0.4 is 4.90 Å². The largest absolute Gasteiger partial charge is 0.416 e. The highest BCUT2D eigenvalue weighted by Crippen LogP contribution is 2.39. The Morgan fingerprint density at radius 1 is 0.949 bits per heavy atom. The quantitative estimate of drug-likeness (QED) is 0.280. The Hall–Kier alpha value is -3.15. The number of anilines is 1. The van der Waals surface area contributed by atoms with Crippen molar-refractivity contribution in [1.29, 1.82) is 0 Å². The summed E-state index contributed by atoms with van der Waals surface area (Å²) in [6.07, 6.45) is -4.64. The van der Waals surface area contributed by atoms with Crippen LogP contribution in [0.1, 0.15) is 71.6 Å². The van der Waals surface area contributed by atoms with E-state index < -0.39 is 23.5 Å². The van der Waals surface area contributed by atoms with Crippen molar-refractivity contribution in [3.63, 3.8) is 0 Å². The molecule has 0 bridgehead atoms. The number of alkyl halides is 6. The van der Waals surface area contributed by atoms with Gasteiger partial charge in [-0.15, -0.1) is 5.10 Å². The molecular weight excluding hydrogens is 524 g/mol. The molecule has 1 aromatic heterocycles. The molecule has 0 spiro atoms. The van der Waals surface area contributed by atoms with Gasteiger partial charge in [-0.1, -0.05) is 48.1 Å². The molecule has 12 heteroatoms. The first-order valence-corrected chi connectivity index (χ1v) is 12.7. The Morgan fingerprint density at radius 3 is 2.13 bits per heavy atom. The number of nitrogens with zero attached hydrogens (tertiary/aromatic N) is 5. The minimum Gasteiger partial charge on any atom is -0.376 e. The van der Waals surface area contributed by atoms with Gasteiger partial charge in [0.2, 0.25) is 0 Å². The molecule has 1 heterocycles. The van der Waals surface area contributed by atoms with Crippen LogP contribution in [0.3, 0.4) is 0 Å². The fourth-order valence-electron chi connectivity index (χ4n) is 5.29. The van der Waals surface area contributed by atoms with Crippen LogP contribution in [-0.2, 0) is 37.2 Å². The van der Waals surface area contributed by atoms with Crippen LogP contribution in [0.4, 0.5) is 32.3 Å². The molecule has 1 aliphatic rings. The van der Waals surface area contributed by atoms with E-state index in [0.717, 1.165) is 54.5 Å². The van der Waals surface area contributed by atoms with Crippen LogP contribution in [0.25, 0.3) is 0 Å². The molecule has 1 saturated carbocycles. The van der Waals surface area contributed by atoms with Gasteiger partial charge in [-0.3, -0.25) is 0 Å². The van der Waals surface area contributed by atoms with Gasteiger partial charge in [-0.05, 0) is 65.8 Å². The lowest BCUT2D eigenvalue weighted by Crippen LogP contribution is -2.26. The lowest BCUT2D eigenvalue weighted by molar-refractivity contribution is -0.143. The molecule has 4 rings (SSSR count). The van der Waals surface area contributed by atoms with Crippen molar-refractivity contribution >= 4 is 5.95 Å². The van der Waals surface area contributed by atoms with Crippen molar-refractivity contribution in [2.75, 3.05) is 12.0 Å². The van der Waals surface area contributed by atoms with E-state index in [-0.39, 0.29) is 36.8 Å². The van der Waals surface area contributed by atoms with Gasteiger partial charge in [-0.25, -0.2) is 0 Å². The van der Waals surface area contributed by atoms with Gasteiger partial charge in [0.25, 0.3) is 5.95 Å². The molecule has 0 amide bonds. The molecule has 0 N–H and O–H groups in total. The number of ether oxygens (including phenoxy) is 1. The highest BCUT2D eigenvalue weighted by Gasteiger charge is 2.37. The van der Waals surface area contributed by atoms with E-state index in [4.69, 9.17) is 4.74 Å². The normalized spacial score (nSPS) is 15.9. The number of tetrazole rings is 1. The van der Waals surface area contributed by atoms with Gasteiger partial charge in [-0.2, -0.15) is 31.1 Å². The number of halogens is 6. The van der Waals surface area contributed by atoms with Crippen molar-refractivity contribution in [1.82, 2.24) is 20.2 Å². The van der Waals surface area contributed by atoms with E-state index in [1.165, 1.54) is 23.2 Å². The molecule has 2 aromatic carbocycles. The predicted molar refractivity (Wildman–Crippen MR) is 133 cm³/mol. The summed E-state index contributed by atoms with van der Waals surface area (Å²) in [7, 11) is 3.19. The van der Waals surface area contributed by atoms with E-state index >= 15 is 0 Å². The maximum atomic E-state index is 13.5. The topological polar surface area (TPSA) is 56.1 Å². The minimum absolute atomic E-state index is 0.0857. The maximum absolute atomic E-state index is 13.5. The fraction of sp³-hybridized carbons (Fsp3) is 0.519. The van der Waals surface area contributed by atoms with Crippen LogP contribution in [0, 0.1) is 12.8 Å². The molecule has 6 nitrogen and oxygen atoms in total. The first-order chi connectivity index (χ1) is 18.3. The third kappa shape index (κ3) is 7.09. The molecule has 0 saturated heterocycles. The second-order valence-corrected chi connectivity index (χ2v) is 10.1. The van der Waals surface area contributed by atoms with Crippen molar-refractivity contribution in [3.05, 3.63) is 69.8 Å². The van der Waals surface area contributed by atoms with Crippen LogP contribution >= 0.6 is 0 Å². The molecule has 0 radical (unpaired) electrons. The summed E-state index contributed by atoms with van der Waals surface area (Å²) in [5, 5.41) is 12.0. The Bertz CT molecular complexity index is 1230. The summed E-state index contributed by atoms with van der Waals surface area (Å²) in [6.45, 7) is 1.75. The summed E-state index contributed by atoms with van der Waals surface area (Å²) in [6, 6.07) is 7.51. The second-order valence-electron chi connectivity index (χ2n) is 10.1. The van der Waals surface area contributed by atoms with E-state index in [0.29, 0.717) is 5.92 Å². The number of hydrogen-bond acceptors (Lipinski definition) is 5. The van der Waals surface area contributed by atoms with Crippen molar-refractivity contribution < 1.29 is 31.1 Å². The first kappa shape index (κ1) is 28.8. The van der Waals surface area contributed by atoms with E-state index in [1.54, 1.807) is 7.11 Å². The van der Waals surface area contributed by atoms with Crippen molar-refractivity contribution in [2.45, 2.75) is 70.6 Å². The zero-order valence-electron chi connectivity index (χ0n) is 22.0. The molecule has 212 valence electrons. The van der Waals surface area contributed by atoms with E-state index in [2.05, 4.69) is 15.4 Å². The summed E-state index contributed by atoms with van der Waals surface area (Å²) in [5.74, 6) is 0.397. The monoisotopic (exact) mass is 555 g/mol. The first-order valence-electron chi connectivity index (χ1n) is 12.7. The number of rotatable bonds is 8. The highest BCUT2D eigenvalue weighted by atomic mass is 19.4. The molecule has 1 fully saturated rings. The van der Waals surface area contributed by atoms with Crippen LogP contribution in [0.15, 0.2) is 36.4 Å². The minimum atomic E-state index is -4.94. The summed E-state index contributed by atoms with van der Waals surface area (Å²) >= 11 is 0. The Labute approximate surface area is 222 Å². The van der Waals surface area contributed by atoms with Crippen LogP contribution in [0.5, 0.6) is 0 Å². The average Bonchev–Trinajstić information content (AvgIpc) is 3.31. The van der Waals surface area contributed by atoms with Crippen LogP contribution in [-0.4, -0.2) is 27.3 Å². The smallest absolute Gasteiger partial charge is 0.376 e. The lowest BCUT2D eigenvalue weighted by Gasteiger charge is -2.32. The maximum Gasteiger partial charge on any atom is 0.416 e. The molecule has 1 atom stereocenters. The van der Waals surface area contributed by atoms with Gasteiger partial charge in [0, 0.05) is 20.2 Å². The standard InChI is InChI=1S/C27H31F6N5O/c1-17-9-10-23(24(39-3)19-7-5-4-6-8-19)20(11-17)16-38(25-34-36-37(2)35-25)15-18-12-21(26(28,29)30)14-22(13-18)27(31,32)33/h9-14,19,24H,4-8,15-16H2,1-3H3/t24-/m0/s1. The third-order valence-electron chi connectivity index (χ3n) is 7.10. The zero-order valence-corrected chi connectivity index (χ0v) is 22.0. The molecular formula is C27H31F6N5O. The summed E-state index contributed by atoms with van der Waals surface area (Å²) in [5.41, 5.74) is -0.182.